The van der Waals surface area contributed by atoms with Crippen molar-refractivity contribution in [2.45, 2.75) is 0 Å². The van der Waals surface area contributed by atoms with E-state index in [4.69, 9.17) is 17.5 Å². The molecular weight excluding hydrogens is 191 g/mol. The van der Waals surface area contributed by atoms with E-state index in [0.717, 1.165) is 0 Å². The maximum absolute atomic E-state index is 8.63. The van der Waals surface area contributed by atoms with Crippen LogP contribution in [0.4, 0.5) is 0 Å². The van der Waals surface area contributed by atoms with Crippen LogP contribution >= 0.6 is 0 Å². The monoisotopic (exact) mass is 196 g/mol. The number of hydrogen-bond acceptors (Lipinski definition) is 4. The van der Waals surface area contributed by atoms with Crippen molar-refractivity contribution in [2.24, 2.45) is 0 Å². The Balaban J connectivity index is -0.0000000267. The minimum atomic E-state index is -4.92. The molecule has 0 aromatic carbocycles. The zero-order valence-electron chi connectivity index (χ0n) is 3.99. The molecule has 0 aliphatic carbocycles. The summed E-state index contributed by atoms with van der Waals surface area (Å²) in [7, 11) is -4.92. The molecule has 0 unspecified atom stereocenters. The van der Waals surface area contributed by atoms with E-state index < -0.39 is 10.4 Å². The summed E-state index contributed by atoms with van der Waals surface area (Å²) in [5.74, 6) is 0. The van der Waals surface area contributed by atoms with Gasteiger partial charge < -0.3 is 16.2 Å². The first kappa shape index (κ1) is 23.7. The van der Waals surface area contributed by atoms with Gasteiger partial charge in [-0.2, -0.15) is 0 Å². The zero-order chi connectivity index (χ0) is 4.50. The second-order valence-electron chi connectivity index (χ2n) is 0.428. The van der Waals surface area contributed by atoms with Gasteiger partial charge in [-0.25, -0.2) is 8.42 Å². The molecule has 0 aromatic rings. The van der Waals surface area contributed by atoms with Crippen molar-refractivity contribution >= 4 is 10.4 Å². The molecule has 0 aliphatic rings. The second kappa shape index (κ2) is 7.41. The molecule has 8 heteroatoms. The van der Waals surface area contributed by atoms with E-state index in [0.29, 0.717) is 0 Å². The predicted octanol–water partition coefficient (Wildman–Crippen LogP) is -1.66. The maximum Gasteiger partial charge on any atom is 0.215 e. The average Bonchev–Trinajstić information content (AvgIpc) is 0.722. The molecule has 0 fully saturated rings. The summed E-state index contributed by atoms with van der Waals surface area (Å²) in [5, 5.41) is 0. The van der Waals surface area contributed by atoms with Crippen LogP contribution in [0.25, 0.3) is 0 Å². The van der Waals surface area contributed by atoms with Gasteiger partial charge in [0.15, 0.2) is 0 Å². The van der Waals surface area contributed by atoms with Gasteiger partial charge in [0.1, 0.15) is 0 Å². The van der Waals surface area contributed by atoms with Crippen molar-refractivity contribution in [1.82, 2.24) is 6.15 Å². The summed E-state index contributed by atoms with van der Waals surface area (Å²) in [4.78, 5) is 0. The van der Waals surface area contributed by atoms with Gasteiger partial charge in [0, 0.05) is 19.5 Å². The van der Waals surface area contributed by atoms with Gasteiger partial charge in [-0.15, -0.1) is 0 Å². The molecule has 0 rings (SSSR count). The first-order valence-corrected chi connectivity index (χ1v) is 2.05. The van der Waals surface area contributed by atoms with Crippen LogP contribution in [0, 0.1) is 0 Å². The molecule has 0 radical (unpaired) electrons. The van der Waals surface area contributed by atoms with Crippen LogP contribution in [-0.4, -0.2) is 23.0 Å². The van der Waals surface area contributed by atoms with Crippen molar-refractivity contribution in [3.05, 3.63) is 0 Å². The summed E-state index contributed by atoms with van der Waals surface area (Å²) in [6.07, 6.45) is 0. The second-order valence-corrected chi connectivity index (χ2v) is 1.28. The van der Waals surface area contributed by atoms with Crippen molar-refractivity contribution < 1.29 is 42.5 Å². The number of rotatable bonds is 0. The third-order valence-electron chi connectivity index (χ3n) is 0. The van der Waals surface area contributed by atoms with Gasteiger partial charge in [0.25, 0.3) is 0 Å². The van der Waals surface area contributed by atoms with E-state index in [1.54, 1.807) is 0 Å². The fraction of sp³-hybridized carbons (Fsp3) is 0. The molecule has 0 saturated carbocycles. The van der Waals surface area contributed by atoms with Crippen LogP contribution in [0.3, 0.4) is 0 Å². The van der Waals surface area contributed by atoms with E-state index in [1.165, 1.54) is 0 Å². The molecule has 0 aromatic heterocycles. The third-order valence-corrected chi connectivity index (χ3v) is 0. The topological polar surface area (TPSA) is 144 Å². The SMILES string of the molecule is N.O.O=S(=O)([O-])O.[Zn]. The largest absolute Gasteiger partial charge is 0.726 e. The summed E-state index contributed by atoms with van der Waals surface area (Å²) in [6, 6.07) is 0. The van der Waals surface area contributed by atoms with Gasteiger partial charge in [-0.3, -0.25) is 4.55 Å². The standard InChI is InChI=1S/H3N.H2O4S.H2O.Zn/c;1-5(2,3)4;;/h1H3;(H2,1,2,3,4);1H2;/p-1. The Morgan fingerprint density at radius 2 is 1.38 bits per heavy atom. The van der Waals surface area contributed by atoms with Gasteiger partial charge in [0.2, 0.25) is 10.4 Å². The summed E-state index contributed by atoms with van der Waals surface area (Å²) in [5.41, 5.74) is 0. The Morgan fingerprint density at radius 1 is 1.38 bits per heavy atom. The normalized spacial score (nSPS) is 7.25. The molecule has 50 valence electrons. The Bertz CT molecular complexity index is 95.6. The van der Waals surface area contributed by atoms with Crippen LogP contribution in [-0.2, 0) is 29.9 Å². The fourth-order valence-corrected chi connectivity index (χ4v) is 0. The van der Waals surface area contributed by atoms with Crippen molar-refractivity contribution in [3.63, 3.8) is 0 Å². The summed E-state index contributed by atoms with van der Waals surface area (Å²) in [6.45, 7) is 0. The zero-order valence-corrected chi connectivity index (χ0v) is 7.78. The van der Waals surface area contributed by atoms with Gasteiger partial charge >= 0.3 is 0 Å². The molecule has 0 atom stereocenters. The molecule has 0 saturated heterocycles. The van der Waals surface area contributed by atoms with Crippen LogP contribution < -0.4 is 6.15 Å². The summed E-state index contributed by atoms with van der Waals surface area (Å²) < 4.78 is 32.8. The third kappa shape index (κ3) is 1100. The summed E-state index contributed by atoms with van der Waals surface area (Å²) >= 11 is 0. The molecule has 0 amide bonds. The Kier molecular flexibility index (Phi) is 22.0. The van der Waals surface area contributed by atoms with Crippen LogP contribution in [0.1, 0.15) is 0 Å². The maximum atomic E-state index is 8.63. The minimum Gasteiger partial charge on any atom is -0.726 e. The molecular formula is H6NO5SZn-. The van der Waals surface area contributed by atoms with E-state index >= 15 is 0 Å². The van der Waals surface area contributed by atoms with Crippen LogP contribution in [0.5, 0.6) is 0 Å². The first-order valence-electron chi connectivity index (χ1n) is 0.683. The Hall–Kier alpha value is 0.413. The van der Waals surface area contributed by atoms with E-state index in [-0.39, 0.29) is 31.1 Å². The van der Waals surface area contributed by atoms with Crippen LogP contribution in [0.2, 0.25) is 0 Å². The molecule has 6 N–H and O–H groups in total. The molecule has 8 heavy (non-hydrogen) atoms. The Morgan fingerprint density at radius 3 is 1.38 bits per heavy atom. The van der Waals surface area contributed by atoms with Gasteiger partial charge in [0.05, 0.1) is 0 Å². The molecule has 0 heterocycles. The van der Waals surface area contributed by atoms with Crippen molar-refractivity contribution in [3.8, 4) is 0 Å². The first-order chi connectivity index (χ1) is 2.00. The van der Waals surface area contributed by atoms with Crippen molar-refractivity contribution in [1.29, 1.82) is 0 Å². The van der Waals surface area contributed by atoms with Gasteiger partial charge in [-0.1, -0.05) is 0 Å². The van der Waals surface area contributed by atoms with Gasteiger partial charge in [-0.05, 0) is 0 Å². The smallest absolute Gasteiger partial charge is 0.215 e. The fourth-order valence-electron chi connectivity index (χ4n) is 0. The van der Waals surface area contributed by atoms with E-state index in [1.807, 2.05) is 0 Å². The quantitative estimate of drug-likeness (QED) is 0.271. The van der Waals surface area contributed by atoms with E-state index in [9.17, 15) is 0 Å². The van der Waals surface area contributed by atoms with Crippen LogP contribution in [0.15, 0.2) is 0 Å². The molecule has 0 aliphatic heterocycles. The predicted molar refractivity (Wildman–Crippen MR) is 21.0 cm³/mol. The number of hydrogen-bond donors (Lipinski definition) is 2. The molecule has 0 spiro atoms. The van der Waals surface area contributed by atoms with Crippen molar-refractivity contribution in [2.75, 3.05) is 0 Å². The molecule has 6 nitrogen and oxygen atoms in total. The Labute approximate surface area is 59.5 Å². The molecule has 0 bridgehead atoms. The minimum absolute atomic E-state index is 0. The average molecular weight is 198 g/mol. The van der Waals surface area contributed by atoms with E-state index in [2.05, 4.69) is 0 Å².